The second kappa shape index (κ2) is 17.1. The standard InChI is InChI=1S/C18H33ClN2O5S.C17H17ClFN3O3/c1-5-6-10-7-11(21(3)8-10)17(25)20-12(9(2)19)16-14(23)13(22)15(24)18(26-16)27-4;18-13-14-10(5-12(19)15(13)21-4-3-8(20)6-21)16(23)11(17(24)25)7-22(14)9-1-2-9/h9-16,18,22-24H,5-8H2,1-4H3,(H,20,25);5,7-9H,1-4,6,20H2,(H,24,25)/t9?,10-,11+,12?,13+,14-,15-,16-,18-;/m1./s1. The van der Waals surface area contributed by atoms with E-state index in [2.05, 4.69) is 12.2 Å². The van der Waals surface area contributed by atoms with Crippen molar-refractivity contribution in [2.24, 2.45) is 11.7 Å². The number of hydrogen-bond acceptors (Lipinski definition) is 11. The number of carboxylic acid groups (broad SMARTS) is 1. The number of likely N-dealkylation sites (N-methyl/N-ethyl adjacent to an activating group) is 1. The van der Waals surface area contributed by atoms with Crippen LogP contribution in [0.4, 0.5) is 10.1 Å². The molecule has 4 aliphatic rings. The molecular weight excluding hydrogens is 740 g/mol. The first-order valence-electron chi connectivity index (χ1n) is 17.8. The highest BCUT2D eigenvalue weighted by Gasteiger charge is 2.48. The number of halogens is 3. The number of amides is 1. The van der Waals surface area contributed by atoms with Gasteiger partial charge in [-0.1, -0.05) is 24.9 Å². The van der Waals surface area contributed by atoms with Gasteiger partial charge in [-0.3, -0.25) is 14.5 Å². The molecule has 0 bridgehead atoms. The Labute approximate surface area is 316 Å². The van der Waals surface area contributed by atoms with Gasteiger partial charge in [-0.15, -0.1) is 23.4 Å². The largest absolute Gasteiger partial charge is 0.477 e. The average Bonchev–Trinajstić information content (AvgIpc) is 3.75. The minimum absolute atomic E-state index is 0.00143. The number of alkyl halides is 1. The number of aliphatic hydroxyl groups excluding tert-OH is 3. The molecule has 1 saturated carbocycles. The number of benzene rings is 1. The van der Waals surface area contributed by atoms with Crippen LogP contribution in [0, 0.1) is 11.7 Å². The van der Waals surface area contributed by atoms with Gasteiger partial charge in [0, 0.05) is 37.9 Å². The zero-order valence-corrected chi connectivity index (χ0v) is 32.1. The first-order chi connectivity index (χ1) is 24.6. The predicted octanol–water partition coefficient (Wildman–Crippen LogP) is 2.75. The topological polar surface area (TPSA) is 191 Å². The van der Waals surface area contributed by atoms with Gasteiger partial charge in [0.1, 0.15) is 41.2 Å². The minimum Gasteiger partial charge on any atom is -0.477 e. The maximum Gasteiger partial charge on any atom is 0.341 e. The molecule has 0 radical (unpaired) electrons. The van der Waals surface area contributed by atoms with E-state index in [0.717, 1.165) is 51.1 Å². The number of anilines is 1. The Balaban J connectivity index is 0.000000201. The van der Waals surface area contributed by atoms with Crippen molar-refractivity contribution in [2.75, 3.05) is 37.8 Å². The molecule has 7 N–H and O–H groups in total. The number of nitrogens with zero attached hydrogens (tertiary/aromatic N) is 3. The molecule has 52 heavy (non-hydrogen) atoms. The summed E-state index contributed by atoms with van der Waals surface area (Å²) in [7, 11) is 1.94. The number of aromatic nitrogens is 1. The predicted molar refractivity (Wildman–Crippen MR) is 200 cm³/mol. The molecule has 1 aromatic heterocycles. The molecule has 1 aromatic carbocycles. The lowest BCUT2D eigenvalue weighted by molar-refractivity contribution is -0.205. The van der Waals surface area contributed by atoms with E-state index in [1.807, 2.05) is 11.9 Å². The van der Waals surface area contributed by atoms with E-state index in [-0.39, 0.29) is 45.7 Å². The summed E-state index contributed by atoms with van der Waals surface area (Å²) in [6, 6.07) is 0.203. The number of carboxylic acids is 1. The molecule has 1 aliphatic carbocycles. The third kappa shape index (κ3) is 8.52. The lowest BCUT2D eigenvalue weighted by atomic mass is 9.92. The smallest absolute Gasteiger partial charge is 0.341 e. The number of rotatable bonds is 10. The molecule has 6 rings (SSSR count). The van der Waals surface area contributed by atoms with Crippen molar-refractivity contribution in [1.29, 1.82) is 0 Å². The van der Waals surface area contributed by atoms with E-state index in [1.54, 1.807) is 22.6 Å². The summed E-state index contributed by atoms with van der Waals surface area (Å²) in [5.74, 6) is -1.61. The van der Waals surface area contributed by atoms with Crippen LogP contribution < -0.4 is 21.4 Å². The van der Waals surface area contributed by atoms with Crippen LogP contribution in [-0.2, 0) is 9.53 Å². The molecule has 3 unspecified atom stereocenters. The summed E-state index contributed by atoms with van der Waals surface area (Å²) >= 11 is 14.1. The summed E-state index contributed by atoms with van der Waals surface area (Å²) in [6.07, 6.45) is 3.71. The van der Waals surface area contributed by atoms with Crippen LogP contribution in [0.5, 0.6) is 0 Å². The zero-order chi connectivity index (χ0) is 38.2. The van der Waals surface area contributed by atoms with Crippen molar-refractivity contribution in [3.8, 4) is 0 Å². The molecule has 1 amide bonds. The Morgan fingerprint density at radius 2 is 1.87 bits per heavy atom. The number of aliphatic hydroxyl groups is 3. The van der Waals surface area contributed by atoms with E-state index >= 15 is 0 Å². The highest BCUT2D eigenvalue weighted by molar-refractivity contribution is 7.99. The Morgan fingerprint density at radius 3 is 2.42 bits per heavy atom. The zero-order valence-electron chi connectivity index (χ0n) is 29.8. The van der Waals surface area contributed by atoms with E-state index in [0.29, 0.717) is 24.5 Å². The number of pyridine rings is 1. The molecule has 3 aliphatic heterocycles. The maximum absolute atomic E-state index is 14.8. The summed E-state index contributed by atoms with van der Waals surface area (Å²) in [5, 5.41) is 42.5. The van der Waals surface area contributed by atoms with Crippen molar-refractivity contribution in [1.82, 2.24) is 14.8 Å². The van der Waals surface area contributed by atoms with Crippen LogP contribution >= 0.6 is 35.0 Å². The number of carbonyl (C=O) groups is 2. The highest BCUT2D eigenvalue weighted by atomic mass is 35.5. The first-order valence-corrected chi connectivity index (χ1v) is 19.9. The Morgan fingerprint density at radius 1 is 1.17 bits per heavy atom. The summed E-state index contributed by atoms with van der Waals surface area (Å²) in [5.41, 5.74) is 4.76. The van der Waals surface area contributed by atoms with Crippen molar-refractivity contribution in [3.05, 3.63) is 38.9 Å². The Kier molecular flexibility index (Phi) is 13.4. The van der Waals surface area contributed by atoms with Crippen molar-refractivity contribution >= 4 is 63.4 Å². The molecule has 17 heteroatoms. The second-order valence-corrected chi connectivity index (χ2v) is 16.5. The molecule has 4 fully saturated rings. The quantitative estimate of drug-likeness (QED) is 0.194. The van der Waals surface area contributed by atoms with Crippen molar-refractivity contribution < 1.29 is 39.1 Å². The lowest BCUT2D eigenvalue weighted by Crippen LogP contribution is -2.65. The van der Waals surface area contributed by atoms with Crippen LogP contribution in [0.25, 0.3) is 10.9 Å². The number of hydrogen-bond donors (Lipinski definition) is 6. The number of ether oxygens (including phenoxy) is 1. The van der Waals surface area contributed by atoms with E-state index in [1.165, 1.54) is 18.0 Å². The Bertz CT molecular complexity index is 1680. The second-order valence-electron chi connectivity index (χ2n) is 14.5. The number of likely N-dealkylation sites (tertiary alicyclic amines) is 1. The molecule has 290 valence electrons. The van der Waals surface area contributed by atoms with Gasteiger partial charge in [0.2, 0.25) is 11.3 Å². The number of nitrogens with two attached hydrogens (primary N) is 1. The fraction of sp³-hybridized carbons (Fsp3) is 0.686. The van der Waals surface area contributed by atoms with E-state index in [9.17, 15) is 39.2 Å². The average molecular weight is 791 g/mol. The van der Waals surface area contributed by atoms with Gasteiger partial charge >= 0.3 is 5.97 Å². The van der Waals surface area contributed by atoms with Gasteiger partial charge in [-0.2, -0.15) is 0 Å². The number of thioether (sulfide) groups is 1. The minimum atomic E-state index is -1.36. The third-order valence-electron chi connectivity index (χ3n) is 10.5. The van der Waals surface area contributed by atoms with Gasteiger partial charge in [-0.25, -0.2) is 9.18 Å². The van der Waals surface area contributed by atoms with Gasteiger partial charge in [-0.05, 0) is 64.3 Å². The fourth-order valence-electron chi connectivity index (χ4n) is 7.62. The van der Waals surface area contributed by atoms with E-state index in [4.69, 9.17) is 33.7 Å². The number of nitrogens with one attached hydrogen (secondary N) is 1. The summed E-state index contributed by atoms with van der Waals surface area (Å²) in [6.45, 7) is 5.82. The van der Waals surface area contributed by atoms with Crippen LogP contribution in [0.3, 0.4) is 0 Å². The first kappa shape index (κ1) is 41.0. The SMILES string of the molecule is CCC[C@@H]1C[C@@H](C(=O)NC(C(C)Cl)[C@H]2O[C@H](SC)[C@H](O)[C@@H](O)[C@H]2O)N(C)C1.NC1CCN(c2c(F)cc3c(=O)c(C(=O)O)cn(C4CC4)c3c2Cl)C1. The summed E-state index contributed by atoms with van der Waals surface area (Å²) in [4.78, 5) is 40.6. The van der Waals surface area contributed by atoms with Gasteiger partial charge in [0.15, 0.2) is 0 Å². The fourth-order valence-corrected chi connectivity index (χ4v) is 8.91. The molecule has 2 aromatic rings. The molecule has 13 nitrogen and oxygen atoms in total. The lowest BCUT2D eigenvalue weighted by Gasteiger charge is -2.44. The maximum atomic E-state index is 14.8. The molecule has 0 spiro atoms. The van der Waals surface area contributed by atoms with Gasteiger partial charge < -0.3 is 45.7 Å². The van der Waals surface area contributed by atoms with Crippen LogP contribution in [0.15, 0.2) is 17.1 Å². The molecule has 10 atom stereocenters. The molecular formula is C35H50Cl2FN5O8S. The Hall–Kier alpha value is -2.21. The van der Waals surface area contributed by atoms with Crippen LogP contribution in [0.2, 0.25) is 5.02 Å². The van der Waals surface area contributed by atoms with Gasteiger partial charge in [0.05, 0.1) is 39.1 Å². The monoisotopic (exact) mass is 789 g/mol. The van der Waals surface area contributed by atoms with Crippen molar-refractivity contribution in [2.45, 2.75) is 112 Å². The summed E-state index contributed by atoms with van der Waals surface area (Å²) < 4.78 is 22.3. The molecule has 4 heterocycles. The van der Waals surface area contributed by atoms with Crippen LogP contribution in [-0.4, -0.2) is 128 Å². The third-order valence-corrected chi connectivity index (χ3v) is 12.0. The normalized spacial score (nSPS) is 30.6. The van der Waals surface area contributed by atoms with Crippen LogP contribution in [0.1, 0.15) is 68.8 Å². The number of carbonyl (C=O) groups excluding carboxylic acids is 1. The van der Waals surface area contributed by atoms with E-state index < -0.39 is 58.5 Å². The van der Waals surface area contributed by atoms with Gasteiger partial charge in [0.25, 0.3) is 0 Å². The van der Waals surface area contributed by atoms with Crippen molar-refractivity contribution in [3.63, 3.8) is 0 Å². The highest BCUT2D eigenvalue weighted by Crippen LogP contribution is 2.42. The number of aromatic carboxylic acids is 1. The molecule has 3 saturated heterocycles. The number of fused-ring (bicyclic) bond motifs is 1.